The van der Waals surface area contributed by atoms with Gasteiger partial charge in [0.15, 0.2) is 0 Å². The minimum atomic E-state index is -4.23. The van der Waals surface area contributed by atoms with Crippen LogP contribution in [-0.4, -0.2) is 36.1 Å². The maximum absolute atomic E-state index is 14.8. The lowest BCUT2D eigenvalue weighted by atomic mass is 9.78. The molecule has 7 nitrogen and oxygen atoms in total. The van der Waals surface area contributed by atoms with Crippen molar-refractivity contribution in [3.63, 3.8) is 0 Å². The van der Waals surface area contributed by atoms with Gasteiger partial charge < -0.3 is 19.1 Å². The number of likely N-dealkylation sites (N-methyl/N-ethyl adjacent to an activating group) is 1. The summed E-state index contributed by atoms with van der Waals surface area (Å²) in [5.74, 6) is 1.32. The van der Waals surface area contributed by atoms with Crippen molar-refractivity contribution >= 4 is 13.7 Å². The lowest BCUT2D eigenvalue weighted by molar-refractivity contribution is -0.130. The van der Waals surface area contributed by atoms with Gasteiger partial charge >= 0.3 is 7.82 Å². The number of hydrogen-bond acceptors (Lipinski definition) is 6. The van der Waals surface area contributed by atoms with Crippen molar-refractivity contribution in [3.8, 4) is 17.2 Å². The van der Waals surface area contributed by atoms with Crippen LogP contribution in [0.5, 0.6) is 17.2 Å². The van der Waals surface area contributed by atoms with Crippen molar-refractivity contribution in [1.82, 2.24) is 4.90 Å². The van der Waals surface area contributed by atoms with Gasteiger partial charge in [-0.05, 0) is 69.7 Å². The number of rotatable bonds is 7. The van der Waals surface area contributed by atoms with Gasteiger partial charge in [0.05, 0.1) is 6.61 Å². The zero-order valence-electron chi connectivity index (χ0n) is 33.9. The topological polar surface area (TPSA) is 85.3 Å². The van der Waals surface area contributed by atoms with Crippen LogP contribution in [0.25, 0.3) is 0 Å². The van der Waals surface area contributed by atoms with Gasteiger partial charge in [0.1, 0.15) is 17.2 Å². The third-order valence-electron chi connectivity index (χ3n) is 9.54. The summed E-state index contributed by atoms with van der Waals surface area (Å²) in [5.41, 5.74) is 7.60. The number of amides is 1. The monoisotopic (exact) mass is 719 g/mol. The molecule has 0 saturated carbocycles. The number of carbonyl (C=O) groups excluding carboxylic acids is 1. The summed E-state index contributed by atoms with van der Waals surface area (Å²) in [6.45, 7) is 29.5. The fourth-order valence-electron chi connectivity index (χ4n) is 6.63. The molecule has 0 bridgehead atoms. The molecule has 0 spiro atoms. The SMILES string of the molecule is Cc1cc2c(c(C(C)(C)C)c1)OP(=O)(OCCN(C)C(=O)CCc1cc(C(C)(C)C)c(O)c(C(C)(C)C)c1)Oc1c(cc(C)cc1C(C)(C)C)C2. The summed E-state index contributed by atoms with van der Waals surface area (Å²) in [6.07, 6.45) is 1.37. The normalized spacial score (nSPS) is 14.8. The minimum Gasteiger partial charge on any atom is -0.507 e. The number of phosphoric ester groups is 1. The van der Waals surface area contributed by atoms with Crippen molar-refractivity contribution in [2.75, 3.05) is 20.2 Å². The third-order valence-corrected chi connectivity index (χ3v) is 10.8. The molecular formula is C43H62NO6P. The molecule has 0 aliphatic carbocycles. The average molecular weight is 720 g/mol. The van der Waals surface area contributed by atoms with Gasteiger partial charge in [0.2, 0.25) is 5.91 Å². The van der Waals surface area contributed by atoms with Gasteiger partial charge in [-0.15, -0.1) is 0 Å². The Bertz CT molecular complexity index is 1720. The zero-order chi connectivity index (χ0) is 38.5. The van der Waals surface area contributed by atoms with Crippen molar-refractivity contribution < 1.29 is 28.0 Å². The Labute approximate surface area is 307 Å². The lowest BCUT2D eigenvalue weighted by Gasteiger charge is -2.32. The van der Waals surface area contributed by atoms with Crippen LogP contribution < -0.4 is 9.05 Å². The summed E-state index contributed by atoms with van der Waals surface area (Å²) < 4.78 is 33.7. The summed E-state index contributed by atoms with van der Waals surface area (Å²) >= 11 is 0. The van der Waals surface area contributed by atoms with Crippen LogP contribution in [0.3, 0.4) is 0 Å². The highest BCUT2D eigenvalue weighted by Gasteiger charge is 2.39. The Morgan fingerprint density at radius 3 is 1.53 bits per heavy atom. The van der Waals surface area contributed by atoms with Crippen molar-refractivity contribution in [3.05, 3.63) is 86.5 Å². The number of hydrogen-bond donors (Lipinski definition) is 1. The molecule has 0 atom stereocenters. The fourth-order valence-corrected chi connectivity index (χ4v) is 7.95. The Morgan fingerprint density at radius 2 is 1.14 bits per heavy atom. The summed E-state index contributed by atoms with van der Waals surface area (Å²) in [4.78, 5) is 15.0. The quantitative estimate of drug-likeness (QED) is 0.245. The highest BCUT2D eigenvalue weighted by molar-refractivity contribution is 7.49. The van der Waals surface area contributed by atoms with Crippen molar-refractivity contribution in [2.24, 2.45) is 0 Å². The van der Waals surface area contributed by atoms with E-state index in [2.05, 4.69) is 121 Å². The molecule has 0 radical (unpaired) electrons. The van der Waals surface area contributed by atoms with Crippen LogP contribution in [0.15, 0.2) is 36.4 Å². The Kier molecular flexibility index (Phi) is 11.3. The molecule has 0 saturated heterocycles. The van der Waals surface area contributed by atoms with Crippen molar-refractivity contribution in [2.45, 2.75) is 138 Å². The van der Waals surface area contributed by atoms with E-state index in [0.29, 0.717) is 30.1 Å². The van der Waals surface area contributed by atoms with E-state index < -0.39 is 7.82 Å². The average Bonchev–Trinajstić information content (AvgIpc) is 2.95. The lowest BCUT2D eigenvalue weighted by Crippen LogP contribution is -2.30. The maximum Gasteiger partial charge on any atom is 0.587 e. The van der Waals surface area contributed by atoms with Crippen LogP contribution in [0.1, 0.15) is 140 Å². The number of carbonyl (C=O) groups is 1. The summed E-state index contributed by atoms with van der Waals surface area (Å²) in [5, 5.41) is 11.1. The van der Waals surface area contributed by atoms with Crippen LogP contribution in [-0.2, 0) is 48.4 Å². The predicted octanol–water partition coefficient (Wildman–Crippen LogP) is 10.8. The van der Waals surface area contributed by atoms with E-state index in [-0.39, 0.29) is 47.1 Å². The first kappa shape index (κ1) is 40.5. The molecular weight excluding hydrogens is 657 g/mol. The molecule has 4 rings (SSSR count). The van der Waals surface area contributed by atoms with E-state index in [1.165, 1.54) is 0 Å². The highest BCUT2D eigenvalue weighted by Crippen LogP contribution is 2.56. The molecule has 280 valence electrons. The number of aromatic hydroxyl groups is 1. The van der Waals surface area contributed by atoms with Gasteiger partial charge in [0.25, 0.3) is 0 Å². The molecule has 0 fully saturated rings. The Balaban J connectivity index is 1.60. The molecule has 0 unspecified atom stereocenters. The highest BCUT2D eigenvalue weighted by atomic mass is 31.2. The first-order valence-electron chi connectivity index (χ1n) is 18.2. The molecule has 8 heteroatoms. The molecule has 0 aromatic heterocycles. The van der Waals surface area contributed by atoms with Crippen LogP contribution in [0.4, 0.5) is 0 Å². The number of aryl methyl sites for hydroxylation is 3. The molecule has 3 aromatic rings. The van der Waals surface area contributed by atoms with Crippen LogP contribution in [0.2, 0.25) is 0 Å². The third kappa shape index (κ3) is 9.59. The second-order valence-electron chi connectivity index (χ2n) is 18.6. The molecule has 1 heterocycles. The predicted molar refractivity (Wildman–Crippen MR) is 209 cm³/mol. The number of nitrogens with zero attached hydrogens (tertiary/aromatic N) is 1. The minimum absolute atomic E-state index is 0.0425. The van der Waals surface area contributed by atoms with Crippen LogP contribution >= 0.6 is 7.82 Å². The number of benzene rings is 3. The molecule has 51 heavy (non-hydrogen) atoms. The van der Waals surface area contributed by atoms with Crippen molar-refractivity contribution in [1.29, 1.82) is 0 Å². The summed E-state index contributed by atoms with van der Waals surface area (Å²) in [7, 11) is -2.50. The van der Waals surface area contributed by atoms with E-state index >= 15 is 0 Å². The smallest absolute Gasteiger partial charge is 0.507 e. The Hall–Kier alpha value is -3.28. The second-order valence-corrected chi connectivity index (χ2v) is 20.1. The van der Waals surface area contributed by atoms with E-state index in [4.69, 9.17) is 13.6 Å². The zero-order valence-corrected chi connectivity index (χ0v) is 34.8. The summed E-state index contributed by atoms with van der Waals surface area (Å²) in [6, 6.07) is 12.4. The maximum atomic E-state index is 14.8. The van der Waals surface area contributed by atoms with Gasteiger partial charge in [-0.1, -0.05) is 131 Å². The first-order chi connectivity index (χ1) is 23.2. The fraction of sp³-hybridized carbons (Fsp3) is 0.558. The van der Waals surface area contributed by atoms with E-state index in [1.807, 2.05) is 12.1 Å². The van der Waals surface area contributed by atoms with Crippen LogP contribution in [0, 0.1) is 13.8 Å². The number of phosphoric acid groups is 1. The molecule has 1 amide bonds. The second kappa shape index (κ2) is 14.3. The molecule has 1 aliphatic rings. The molecule has 1 N–H and O–H groups in total. The first-order valence-corrected chi connectivity index (χ1v) is 19.7. The van der Waals surface area contributed by atoms with E-state index in [0.717, 1.165) is 50.1 Å². The van der Waals surface area contributed by atoms with Gasteiger partial charge in [-0.25, -0.2) is 4.57 Å². The molecule has 1 aliphatic heterocycles. The number of phenolic OH excluding ortho intramolecular Hbond substituents is 1. The van der Waals surface area contributed by atoms with Gasteiger partial charge in [-0.3, -0.25) is 9.32 Å². The number of phenols is 1. The van der Waals surface area contributed by atoms with E-state index in [1.54, 1.807) is 11.9 Å². The van der Waals surface area contributed by atoms with Gasteiger partial charge in [-0.2, -0.15) is 0 Å². The number of fused-ring (bicyclic) bond motifs is 2. The van der Waals surface area contributed by atoms with Gasteiger partial charge in [0, 0.05) is 37.6 Å². The molecule has 3 aromatic carbocycles. The largest absolute Gasteiger partial charge is 0.587 e. The Morgan fingerprint density at radius 1 is 0.725 bits per heavy atom. The van der Waals surface area contributed by atoms with E-state index in [9.17, 15) is 14.5 Å². The standard InChI is InChI=1S/C43H62NO6P/c1-27-20-30-26-31-21-28(2)23-35(43(12,13)14)39(31)50-51(47,49-38(30)34(22-27)42(9,10)11)48-19-18-44(15)36(45)17-16-29-24-32(40(3,4)5)37(46)33(25-29)41(6,7)8/h20-25,46H,16-19,26H2,1-15H3.